The lowest BCUT2D eigenvalue weighted by Crippen LogP contribution is -3.16. The molecule has 0 radical (unpaired) electrons. The molecule has 1 fully saturated rings. The number of hydrogen-bond donors (Lipinski definition) is 3. The first-order valence-electron chi connectivity index (χ1n) is 9.78. The molecule has 2 atom stereocenters. The summed E-state index contributed by atoms with van der Waals surface area (Å²) in [4.78, 5) is 26.0. The Labute approximate surface area is 171 Å². The second-order valence-electron chi connectivity index (χ2n) is 7.37. The SMILES string of the molecule is COc1ccccc1NC(=O)c1ccc(NC(=O)C[NH+]2C[C@@H](C)O[C@H](C)C2)cc1. The van der Waals surface area contributed by atoms with E-state index in [9.17, 15) is 9.59 Å². The fourth-order valence-electron chi connectivity index (χ4n) is 3.61. The number of ether oxygens (including phenoxy) is 2. The minimum atomic E-state index is -0.242. The highest BCUT2D eigenvalue weighted by Crippen LogP contribution is 2.23. The van der Waals surface area contributed by atoms with Crippen molar-refractivity contribution >= 4 is 23.2 Å². The first-order valence-corrected chi connectivity index (χ1v) is 9.78. The van der Waals surface area contributed by atoms with Crippen LogP contribution in [0, 0.1) is 0 Å². The zero-order valence-electron chi connectivity index (χ0n) is 17.0. The molecule has 1 heterocycles. The third-order valence-corrected chi connectivity index (χ3v) is 4.81. The Morgan fingerprint density at radius 1 is 1.03 bits per heavy atom. The van der Waals surface area contributed by atoms with Crippen LogP contribution in [-0.4, -0.2) is 50.8 Å². The van der Waals surface area contributed by atoms with Gasteiger partial charge in [0, 0.05) is 11.3 Å². The van der Waals surface area contributed by atoms with Crippen molar-refractivity contribution in [2.45, 2.75) is 26.1 Å². The predicted molar refractivity (Wildman–Crippen MR) is 112 cm³/mol. The van der Waals surface area contributed by atoms with E-state index in [-0.39, 0.29) is 24.0 Å². The van der Waals surface area contributed by atoms with Gasteiger partial charge in [0.1, 0.15) is 31.0 Å². The van der Waals surface area contributed by atoms with Gasteiger partial charge in [0.15, 0.2) is 6.54 Å². The van der Waals surface area contributed by atoms with Crippen LogP contribution in [0.1, 0.15) is 24.2 Å². The Hall–Kier alpha value is -2.90. The maximum Gasteiger partial charge on any atom is 0.279 e. The summed E-state index contributed by atoms with van der Waals surface area (Å²) in [5, 5.41) is 5.73. The summed E-state index contributed by atoms with van der Waals surface area (Å²) in [7, 11) is 1.56. The number of benzene rings is 2. The molecule has 29 heavy (non-hydrogen) atoms. The number of morpholine rings is 1. The molecule has 1 aliphatic heterocycles. The van der Waals surface area contributed by atoms with Crippen molar-refractivity contribution in [1.82, 2.24) is 0 Å². The lowest BCUT2D eigenvalue weighted by molar-refractivity contribution is -0.907. The van der Waals surface area contributed by atoms with Gasteiger partial charge in [0.25, 0.3) is 11.8 Å². The maximum absolute atomic E-state index is 12.5. The standard InChI is InChI=1S/C22H27N3O4/c1-15-12-25(13-16(2)29-15)14-21(26)23-18-10-8-17(9-11-18)22(27)24-19-6-4-5-7-20(19)28-3/h4-11,15-16H,12-14H2,1-3H3,(H,23,26)(H,24,27)/p+1/t15-,16-/m1/s1. The van der Waals surface area contributed by atoms with Crippen LogP contribution < -0.4 is 20.3 Å². The molecule has 1 saturated heterocycles. The van der Waals surface area contributed by atoms with E-state index in [1.54, 1.807) is 43.5 Å². The molecule has 2 aromatic carbocycles. The number of carbonyl (C=O) groups excluding carboxylic acids is 2. The van der Waals surface area contributed by atoms with Crippen molar-refractivity contribution in [2.75, 3.05) is 37.4 Å². The summed E-state index contributed by atoms with van der Waals surface area (Å²) in [5.41, 5.74) is 1.77. The van der Waals surface area contributed by atoms with Crippen LogP contribution >= 0.6 is 0 Å². The smallest absolute Gasteiger partial charge is 0.279 e. The van der Waals surface area contributed by atoms with Crippen LogP contribution in [0.25, 0.3) is 0 Å². The van der Waals surface area contributed by atoms with Crippen LogP contribution in [-0.2, 0) is 9.53 Å². The van der Waals surface area contributed by atoms with E-state index in [0.717, 1.165) is 13.1 Å². The summed E-state index contributed by atoms with van der Waals surface area (Å²) in [6.45, 7) is 6.10. The van der Waals surface area contributed by atoms with Gasteiger partial charge in [-0.2, -0.15) is 0 Å². The van der Waals surface area contributed by atoms with Gasteiger partial charge in [-0.25, -0.2) is 0 Å². The molecule has 2 amide bonds. The number of hydrogen-bond acceptors (Lipinski definition) is 4. The number of rotatable bonds is 6. The largest absolute Gasteiger partial charge is 0.495 e. The number of amides is 2. The normalized spacial score (nSPS) is 21.3. The van der Waals surface area contributed by atoms with Gasteiger partial charge in [-0.1, -0.05) is 12.1 Å². The molecular formula is C22H28N3O4+. The topological polar surface area (TPSA) is 81.1 Å². The molecule has 154 valence electrons. The molecule has 0 saturated carbocycles. The average Bonchev–Trinajstić information content (AvgIpc) is 2.68. The number of nitrogens with one attached hydrogen (secondary N) is 3. The average molecular weight is 398 g/mol. The minimum absolute atomic E-state index is 0.0486. The monoisotopic (exact) mass is 398 g/mol. The van der Waals surface area contributed by atoms with E-state index in [4.69, 9.17) is 9.47 Å². The Kier molecular flexibility index (Phi) is 6.85. The van der Waals surface area contributed by atoms with E-state index < -0.39 is 0 Å². The van der Waals surface area contributed by atoms with Crippen molar-refractivity contribution < 1.29 is 24.0 Å². The number of anilines is 2. The first-order chi connectivity index (χ1) is 13.9. The quantitative estimate of drug-likeness (QED) is 0.690. The van der Waals surface area contributed by atoms with Crippen LogP contribution in [0.2, 0.25) is 0 Å². The van der Waals surface area contributed by atoms with Gasteiger partial charge in [0.2, 0.25) is 0 Å². The Balaban J connectivity index is 1.55. The first kappa shape index (κ1) is 20.8. The zero-order chi connectivity index (χ0) is 20.8. The molecule has 0 aromatic heterocycles. The highest BCUT2D eigenvalue weighted by molar-refractivity contribution is 6.05. The molecule has 0 unspecified atom stereocenters. The summed E-state index contributed by atoms with van der Waals surface area (Å²) in [5.74, 6) is 0.305. The minimum Gasteiger partial charge on any atom is -0.495 e. The summed E-state index contributed by atoms with van der Waals surface area (Å²) >= 11 is 0. The van der Waals surface area contributed by atoms with Crippen LogP contribution in [0.5, 0.6) is 5.75 Å². The molecular weight excluding hydrogens is 370 g/mol. The summed E-state index contributed by atoms with van der Waals surface area (Å²) in [6.07, 6.45) is 0.310. The number of para-hydroxylation sites is 2. The zero-order valence-corrected chi connectivity index (χ0v) is 17.0. The van der Waals surface area contributed by atoms with Crippen molar-refractivity contribution in [2.24, 2.45) is 0 Å². The van der Waals surface area contributed by atoms with Crippen molar-refractivity contribution in [3.63, 3.8) is 0 Å². The van der Waals surface area contributed by atoms with Crippen molar-refractivity contribution in [1.29, 1.82) is 0 Å². The lowest BCUT2D eigenvalue weighted by atomic mass is 10.2. The van der Waals surface area contributed by atoms with Gasteiger partial charge < -0.3 is 25.0 Å². The summed E-state index contributed by atoms with van der Waals surface area (Å²) in [6, 6.07) is 14.1. The number of quaternary nitrogens is 1. The molecule has 3 rings (SSSR count). The predicted octanol–water partition coefficient (Wildman–Crippen LogP) is 1.58. The van der Waals surface area contributed by atoms with Gasteiger partial charge in [-0.15, -0.1) is 0 Å². The highest BCUT2D eigenvalue weighted by Gasteiger charge is 2.27. The Bertz CT molecular complexity index is 843. The van der Waals surface area contributed by atoms with Crippen molar-refractivity contribution in [3.8, 4) is 5.75 Å². The second kappa shape index (κ2) is 9.54. The Morgan fingerprint density at radius 3 is 2.34 bits per heavy atom. The van der Waals surface area contributed by atoms with Crippen LogP contribution in [0.15, 0.2) is 48.5 Å². The van der Waals surface area contributed by atoms with E-state index >= 15 is 0 Å². The second-order valence-corrected chi connectivity index (χ2v) is 7.37. The van der Waals surface area contributed by atoms with E-state index in [1.807, 2.05) is 26.0 Å². The third kappa shape index (κ3) is 5.79. The maximum atomic E-state index is 12.5. The van der Waals surface area contributed by atoms with Gasteiger partial charge in [0.05, 0.1) is 12.8 Å². The third-order valence-electron chi connectivity index (χ3n) is 4.81. The fraction of sp³-hybridized carbons (Fsp3) is 0.364. The highest BCUT2D eigenvalue weighted by atomic mass is 16.5. The number of methoxy groups -OCH3 is 1. The molecule has 3 N–H and O–H groups in total. The molecule has 7 nitrogen and oxygen atoms in total. The van der Waals surface area contributed by atoms with E-state index in [0.29, 0.717) is 29.2 Å². The number of carbonyl (C=O) groups is 2. The van der Waals surface area contributed by atoms with Gasteiger partial charge in [-0.05, 0) is 50.2 Å². The molecule has 0 spiro atoms. The van der Waals surface area contributed by atoms with E-state index in [1.165, 1.54) is 4.90 Å². The van der Waals surface area contributed by atoms with Crippen LogP contribution in [0.4, 0.5) is 11.4 Å². The lowest BCUT2D eigenvalue weighted by Gasteiger charge is -2.31. The van der Waals surface area contributed by atoms with E-state index in [2.05, 4.69) is 10.6 Å². The van der Waals surface area contributed by atoms with Crippen LogP contribution in [0.3, 0.4) is 0 Å². The van der Waals surface area contributed by atoms with Gasteiger partial charge >= 0.3 is 0 Å². The van der Waals surface area contributed by atoms with Crippen molar-refractivity contribution in [3.05, 3.63) is 54.1 Å². The van der Waals surface area contributed by atoms with Gasteiger partial charge in [-0.3, -0.25) is 9.59 Å². The Morgan fingerprint density at radius 2 is 1.69 bits per heavy atom. The molecule has 0 aliphatic carbocycles. The fourth-order valence-corrected chi connectivity index (χ4v) is 3.61. The summed E-state index contributed by atoms with van der Waals surface area (Å²) < 4.78 is 11.0. The molecule has 2 aromatic rings. The molecule has 0 bridgehead atoms. The molecule has 1 aliphatic rings. The molecule has 7 heteroatoms.